The highest BCUT2D eigenvalue weighted by atomic mass is 19.4. The molecule has 0 amide bonds. The van der Waals surface area contributed by atoms with Crippen molar-refractivity contribution in [3.05, 3.63) is 65.7 Å². The predicted octanol–water partition coefficient (Wildman–Crippen LogP) is 6.68. The van der Waals surface area contributed by atoms with Crippen molar-refractivity contribution in [1.82, 2.24) is 0 Å². The minimum absolute atomic E-state index is 0.0604. The number of terminal acetylenes is 1. The second kappa shape index (κ2) is 7.93. The molecule has 0 N–H and O–H groups in total. The summed E-state index contributed by atoms with van der Waals surface area (Å²) in [5, 5.41) is 1.21. The molecule has 0 heterocycles. The number of hydrogen-bond acceptors (Lipinski definition) is 1. The zero-order chi connectivity index (χ0) is 20.3. The third kappa shape index (κ3) is 4.45. The number of hydrogen-bond donors (Lipinski definition) is 0. The molecule has 3 aromatic rings. The van der Waals surface area contributed by atoms with E-state index in [2.05, 4.69) is 10.7 Å². The first-order valence-corrected chi connectivity index (χ1v) is 8.83. The maximum atomic E-state index is 13.5. The van der Waals surface area contributed by atoms with E-state index in [4.69, 9.17) is 6.42 Å². The van der Waals surface area contributed by atoms with Gasteiger partial charge in [-0.25, -0.2) is 4.39 Å². The number of halogens is 4. The standard InChI is InChI=1S/C23H18F4O/c1-3-19(24)13-15-5-7-16(8-6-15)17-9-11-21-18(14-17)10-12-22(20(21)4-2)28-23(25,26)27/h2,5-12,14,19H,3,13H2,1H3. The lowest BCUT2D eigenvalue weighted by atomic mass is 9.97. The SMILES string of the molecule is C#Cc1c(OC(F)(F)F)ccc2cc(-c3ccc(CC(F)CC)cc3)ccc12. The smallest absolute Gasteiger partial charge is 0.404 e. The van der Waals surface area contributed by atoms with Gasteiger partial charge in [0.1, 0.15) is 11.9 Å². The maximum absolute atomic E-state index is 13.5. The largest absolute Gasteiger partial charge is 0.573 e. The maximum Gasteiger partial charge on any atom is 0.573 e. The van der Waals surface area contributed by atoms with E-state index in [0.717, 1.165) is 16.7 Å². The highest BCUT2D eigenvalue weighted by molar-refractivity contribution is 5.93. The zero-order valence-electron chi connectivity index (χ0n) is 15.2. The van der Waals surface area contributed by atoms with Crippen molar-refractivity contribution in [2.24, 2.45) is 0 Å². The van der Waals surface area contributed by atoms with Crippen molar-refractivity contribution in [3.8, 4) is 29.2 Å². The summed E-state index contributed by atoms with van der Waals surface area (Å²) in [7, 11) is 0. The molecule has 1 nitrogen and oxygen atoms in total. The summed E-state index contributed by atoms with van der Waals surface area (Å²) in [4.78, 5) is 0. The van der Waals surface area contributed by atoms with Gasteiger partial charge in [-0.2, -0.15) is 0 Å². The van der Waals surface area contributed by atoms with Crippen molar-refractivity contribution in [2.45, 2.75) is 32.3 Å². The first-order valence-electron chi connectivity index (χ1n) is 8.83. The van der Waals surface area contributed by atoms with Gasteiger partial charge in [-0.1, -0.05) is 55.3 Å². The lowest BCUT2D eigenvalue weighted by Crippen LogP contribution is -2.17. The summed E-state index contributed by atoms with van der Waals surface area (Å²) in [5.74, 6) is 1.90. The molecule has 0 fully saturated rings. The van der Waals surface area contributed by atoms with Gasteiger partial charge in [-0.05, 0) is 40.6 Å². The summed E-state index contributed by atoms with van der Waals surface area (Å²) in [6.07, 6.45) is 0.610. The predicted molar refractivity (Wildman–Crippen MR) is 103 cm³/mol. The van der Waals surface area contributed by atoms with Crippen molar-refractivity contribution < 1.29 is 22.3 Å². The molecule has 0 saturated carbocycles. The number of benzene rings is 3. The van der Waals surface area contributed by atoms with Gasteiger partial charge in [-0.15, -0.1) is 19.6 Å². The summed E-state index contributed by atoms with van der Waals surface area (Å²) in [5.41, 5.74) is 2.79. The minimum atomic E-state index is -4.81. The molecule has 0 spiro atoms. The van der Waals surface area contributed by atoms with Gasteiger partial charge in [-0.3, -0.25) is 0 Å². The van der Waals surface area contributed by atoms with E-state index in [1.54, 1.807) is 18.2 Å². The zero-order valence-corrected chi connectivity index (χ0v) is 15.2. The lowest BCUT2D eigenvalue weighted by Gasteiger charge is -2.13. The van der Waals surface area contributed by atoms with Crippen molar-refractivity contribution in [3.63, 3.8) is 0 Å². The fourth-order valence-corrected chi connectivity index (χ4v) is 3.08. The molecular weight excluding hydrogens is 368 g/mol. The highest BCUT2D eigenvalue weighted by Gasteiger charge is 2.32. The Kier molecular flexibility index (Phi) is 5.60. The van der Waals surface area contributed by atoms with Crippen molar-refractivity contribution >= 4 is 10.8 Å². The van der Waals surface area contributed by atoms with Crippen LogP contribution in [-0.2, 0) is 6.42 Å². The van der Waals surface area contributed by atoms with Crippen LogP contribution in [0.4, 0.5) is 17.6 Å². The van der Waals surface area contributed by atoms with E-state index in [0.29, 0.717) is 23.6 Å². The number of fused-ring (bicyclic) bond motifs is 1. The van der Waals surface area contributed by atoms with Gasteiger partial charge in [0, 0.05) is 11.8 Å². The number of alkyl halides is 4. The molecule has 0 aliphatic carbocycles. The Hall–Kier alpha value is -3.00. The van der Waals surface area contributed by atoms with Crippen LogP contribution in [0.1, 0.15) is 24.5 Å². The Labute approximate surface area is 160 Å². The average Bonchev–Trinajstić information content (AvgIpc) is 2.66. The van der Waals surface area contributed by atoms with Gasteiger partial charge in [0.25, 0.3) is 0 Å². The van der Waals surface area contributed by atoms with E-state index in [1.165, 1.54) is 6.07 Å². The summed E-state index contributed by atoms with van der Waals surface area (Å²) < 4.78 is 55.2. The number of ether oxygens (including phenoxy) is 1. The van der Waals surface area contributed by atoms with Crippen LogP contribution in [0.25, 0.3) is 21.9 Å². The Balaban J connectivity index is 1.95. The molecule has 1 unspecified atom stereocenters. The van der Waals surface area contributed by atoms with E-state index >= 15 is 0 Å². The molecule has 0 aliphatic heterocycles. The summed E-state index contributed by atoms with van der Waals surface area (Å²) >= 11 is 0. The van der Waals surface area contributed by atoms with Gasteiger partial charge >= 0.3 is 6.36 Å². The van der Waals surface area contributed by atoms with Crippen LogP contribution in [0.2, 0.25) is 0 Å². The highest BCUT2D eigenvalue weighted by Crippen LogP contribution is 2.33. The molecule has 0 aliphatic rings. The first kappa shape index (κ1) is 19.8. The Bertz CT molecular complexity index is 1010. The molecule has 0 bridgehead atoms. The molecule has 5 heteroatoms. The normalized spacial score (nSPS) is 12.6. The van der Waals surface area contributed by atoms with E-state index in [-0.39, 0.29) is 5.56 Å². The third-order valence-electron chi connectivity index (χ3n) is 4.54. The van der Waals surface area contributed by atoms with Gasteiger partial charge < -0.3 is 4.74 Å². The van der Waals surface area contributed by atoms with Crippen molar-refractivity contribution in [1.29, 1.82) is 0 Å². The fourth-order valence-electron chi connectivity index (χ4n) is 3.08. The van der Waals surface area contributed by atoms with Crippen LogP contribution in [-0.4, -0.2) is 12.5 Å². The van der Waals surface area contributed by atoms with E-state index < -0.39 is 18.3 Å². The Morgan fingerprint density at radius 2 is 1.68 bits per heavy atom. The molecule has 0 saturated heterocycles. The molecular formula is C23H18F4O. The summed E-state index contributed by atoms with van der Waals surface area (Å²) in [6.45, 7) is 1.81. The summed E-state index contributed by atoms with van der Waals surface area (Å²) in [6, 6.07) is 15.7. The monoisotopic (exact) mass is 386 g/mol. The van der Waals surface area contributed by atoms with Gasteiger partial charge in [0.05, 0.1) is 5.56 Å². The first-order chi connectivity index (χ1) is 13.3. The Morgan fingerprint density at radius 3 is 2.29 bits per heavy atom. The van der Waals surface area contributed by atoms with E-state index in [9.17, 15) is 17.6 Å². The van der Waals surface area contributed by atoms with Crippen LogP contribution in [0, 0.1) is 12.3 Å². The topological polar surface area (TPSA) is 9.23 Å². The second-order valence-electron chi connectivity index (χ2n) is 6.47. The van der Waals surface area contributed by atoms with Crippen LogP contribution in [0.3, 0.4) is 0 Å². The third-order valence-corrected chi connectivity index (χ3v) is 4.54. The molecule has 144 valence electrons. The van der Waals surface area contributed by atoms with Crippen LogP contribution in [0.15, 0.2) is 54.6 Å². The second-order valence-corrected chi connectivity index (χ2v) is 6.47. The minimum Gasteiger partial charge on any atom is -0.404 e. The average molecular weight is 386 g/mol. The molecule has 0 aromatic heterocycles. The van der Waals surface area contributed by atoms with Gasteiger partial charge in [0.2, 0.25) is 0 Å². The van der Waals surface area contributed by atoms with Gasteiger partial charge in [0.15, 0.2) is 0 Å². The van der Waals surface area contributed by atoms with Crippen LogP contribution >= 0.6 is 0 Å². The number of rotatable bonds is 5. The molecule has 3 aromatic carbocycles. The molecule has 0 radical (unpaired) electrons. The van der Waals surface area contributed by atoms with Crippen LogP contribution < -0.4 is 4.74 Å². The van der Waals surface area contributed by atoms with Crippen LogP contribution in [0.5, 0.6) is 5.75 Å². The van der Waals surface area contributed by atoms with E-state index in [1.807, 2.05) is 37.3 Å². The quantitative estimate of drug-likeness (QED) is 0.351. The Morgan fingerprint density at radius 1 is 1.00 bits per heavy atom. The fraction of sp³-hybridized carbons (Fsp3) is 0.217. The molecule has 28 heavy (non-hydrogen) atoms. The van der Waals surface area contributed by atoms with Crippen molar-refractivity contribution in [2.75, 3.05) is 0 Å². The molecule has 1 atom stereocenters. The molecule has 3 rings (SSSR count). The lowest BCUT2D eigenvalue weighted by molar-refractivity contribution is -0.274.